The first-order valence-corrected chi connectivity index (χ1v) is 9.59. The normalized spacial score (nSPS) is 20.3. The van der Waals surface area contributed by atoms with Gasteiger partial charge in [-0.3, -0.25) is 14.6 Å². The Bertz CT molecular complexity index is 1160. The summed E-state index contributed by atoms with van der Waals surface area (Å²) in [5.41, 5.74) is 2.29. The Labute approximate surface area is 175 Å². The lowest BCUT2D eigenvalue weighted by molar-refractivity contribution is -0.123. The molecule has 2 aliphatic rings. The Hall–Kier alpha value is -3.59. The average molecular weight is 423 g/mol. The highest BCUT2D eigenvalue weighted by Gasteiger charge is 2.55. The number of carbonyl (C=O) groups is 2. The second-order valence-corrected chi connectivity index (χ2v) is 7.49. The van der Waals surface area contributed by atoms with Crippen molar-refractivity contribution in [2.24, 2.45) is 10.3 Å². The van der Waals surface area contributed by atoms with Gasteiger partial charge in [-0.05, 0) is 43.3 Å². The molecule has 2 amide bonds. The summed E-state index contributed by atoms with van der Waals surface area (Å²) in [6.45, 7) is 2.00. The number of fused-ring (bicyclic) bond motifs is 1. The van der Waals surface area contributed by atoms with Crippen LogP contribution in [0.3, 0.4) is 0 Å². The number of imide groups is 1. The van der Waals surface area contributed by atoms with Crippen LogP contribution in [-0.4, -0.2) is 39.0 Å². The standard InChI is InChI=1S/C20H15ClN6O3/c1-11-2-8-14(9-3-11)27-19(28)16-17(20(27)29)26(25-23-16)10-15-22-18(24-30-15)12-4-6-13(21)7-5-12/h2-9,16-17H,10H2,1H3/t16-,17-/m0/s1. The zero-order chi connectivity index (χ0) is 20.8. The molecule has 150 valence electrons. The van der Waals surface area contributed by atoms with Crippen molar-refractivity contribution in [3.05, 3.63) is 65.0 Å². The summed E-state index contributed by atoms with van der Waals surface area (Å²) < 4.78 is 5.30. The summed E-state index contributed by atoms with van der Waals surface area (Å²) in [4.78, 5) is 31.3. The SMILES string of the molecule is Cc1ccc(N2C(=O)[C@H]3N=NN(Cc4nc(-c5ccc(Cl)cc5)no4)[C@@H]3C2=O)cc1. The van der Waals surface area contributed by atoms with Crippen molar-refractivity contribution in [1.82, 2.24) is 15.1 Å². The van der Waals surface area contributed by atoms with E-state index in [2.05, 4.69) is 20.5 Å². The summed E-state index contributed by atoms with van der Waals surface area (Å²) in [5, 5.41) is 14.0. The molecule has 0 N–H and O–H groups in total. The first kappa shape index (κ1) is 18.4. The van der Waals surface area contributed by atoms with E-state index in [9.17, 15) is 9.59 Å². The highest BCUT2D eigenvalue weighted by Crippen LogP contribution is 2.33. The molecule has 10 heteroatoms. The van der Waals surface area contributed by atoms with Gasteiger partial charge >= 0.3 is 0 Å². The van der Waals surface area contributed by atoms with Gasteiger partial charge in [0.1, 0.15) is 6.54 Å². The van der Waals surface area contributed by atoms with Gasteiger partial charge in [0, 0.05) is 10.6 Å². The number of benzene rings is 2. The van der Waals surface area contributed by atoms with Crippen LogP contribution in [0.15, 0.2) is 63.4 Å². The first-order chi connectivity index (χ1) is 14.5. The number of aryl methyl sites for hydroxylation is 1. The molecule has 0 unspecified atom stereocenters. The van der Waals surface area contributed by atoms with Crippen molar-refractivity contribution >= 4 is 29.1 Å². The molecule has 3 heterocycles. The third kappa shape index (κ3) is 3.03. The van der Waals surface area contributed by atoms with Crippen molar-refractivity contribution in [2.75, 3.05) is 4.90 Å². The maximum atomic E-state index is 13.0. The maximum absolute atomic E-state index is 13.0. The number of halogens is 1. The van der Waals surface area contributed by atoms with Gasteiger partial charge in [-0.15, -0.1) is 0 Å². The Morgan fingerprint density at radius 2 is 1.77 bits per heavy atom. The molecule has 1 fully saturated rings. The van der Waals surface area contributed by atoms with Gasteiger partial charge in [-0.1, -0.05) is 39.7 Å². The Kier molecular flexibility index (Phi) is 4.32. The second-order valence-electron chi connectivity index (χ2n) is 7.06. The van der Waals surface area contributed by atoms with Crippen LogP contribution in [0.4, 0.5) is 5.69 Å². The Morgan fingerprint density at radius 3 is 2.50 bits per heavy atom. The number of rotatable bonds is 4. The summed E-state index contributed by atoms with van der Waals surface area (Å²) in [7, 11) is 0. The molecular formula is C20H15ClN6O3. The van der Waals surface area contributed by atoms with E-state index in [1.54, 1.807) is 36.4 Å². The summed E-state index contributed by atoms with van der Waals surface area (Å²) in [6, 6.07) is 12.5. The lowest BCUT2D eigenvalue weighted by atomic mass is 10.1. The van der Waals surface area contributed by atoms with Crippen LogP contribution in [0.5, 0.6) is 0 Å². The average Bonchev–Trinajstić information content (AvgIpc) is 3.43. The number of hydrogen-bond acceptors (Lipinski definition) is 8. The number of anilines is 1. The van der Waals surface area contributed by atoms with Crippen molar-refractivity contribution in [2.45, 2.75) is 25.6 Å². The van der Waals surface area contributed by atoms with Gasteiger partial charge in [-0.2, -0.15) is 10.1 Å². The monoisotopic (exact) mass is 422 g/mol. The van der Waals surface area contributed by atoms with Crippen LogP contribution in [0.1, 0.15) is 11.5 Å². The van der Waals surface area contributed by atoms with Gasteiger partial charge in [-0.25, -0.2) is 4.90 Å². The number of hydrogen-bond donors (Lipinski definition) is 0. The zero-order valence-electron chi connectivity index (χ0n) is 15.8. The third-order valence-electron chi connectivity index (χ3n) is 5.02. The predicted molar refractivity (Wildman–Crippen MR) is 106 cm³/mol. The molecule has 3 aromatic rings. The molecule has 1 saturated heterocycles. The smallest absolute Gasteiger partial charge is 0.263 e. The molecule has 0 spiro atoms. The van der Waals surface area contributed by atoms with E-state index in [1.165, 1.54) is 5.01 Å². The predicted octanol–water partition coefficient (Wildman–Crippen LogP) is 3.19. The molecule has 0 bridgehead atoms. The molecule has 0 saturated carbocycles. The fourth-order valence-corrected chi connectivity index (χ4v) is 3.60. The first-order valence-electron chi connectivity index (χ1n) is 9.22. The lowest BCUT2D eigenvalue weighted by Gasteiger charge is -2.19. The fraction of sp³-hybridized carbons (Fsp3) is 0.200. The van der Waals surface area contributed by atoms with Gasteiger partial charge in [0.05, 0.1) is 5.69 Å². The highest BCUT2D eigenvalue weighted by atomic mass is 35.5. The minimum absolute atomic E-state index is 0.0615. The summed E-state index contributed by atoms with van der Waals surface area (Å²) in [5.74, 6) is -0.123. The molecule has 2 aromatic carbocycles. The van der Waals surface area contributed by atoms with Crippen molar-refractivity contribution in [3.63, 3.8) is 0 Å². The quantitative estimate of drug-likeness (QED) is 0.598. The number of amides is 2. The lowest BCUT2D eigenvalue weighted by Crippen LogP contribution is -2.39. The molecular weight excluding hydrogens is 408 g/mol. The minimum Gasteiger partial charge on any atom is -0.337 e. The summed E-state index contributed by atoms with van der Waals surface area (Å²) in [6.07, 6.45) is 0. The van der Waals surface area contributed by atoms with E-state index in [-0.39, 0.29) is 18.3 Å². The van der Waals surface area contributed by atoms with Gasteiger partial charge in [0.15, 0.2) is 12.1 Å². The van der Waals surface area contributed by atoms with E-state index in [0.29, 0.717) is 16.5 Å². The van der Waals surface area contributed by atoms with Crippen molar-refractivity contribution < 1.29 is 14.1 Å². The largest absolute Gasteiger partial charge is 0.337 e. The van der Waals surface area contributed by atoms with E-state index >= 15 is 0 Å². The third-order valence-corrected chi connectivity index (χ3v) is 5.27. The van der Waals surface area contributed by atoms with Crippen LogP contribution in [-0.2, 0) is 16.1 Å². The second kappa shape index (κ2) is 7.03. The molecule has 30 heavy (non-hydrogen) atoms. The molecule has 5 rings (SSSR count). The van der Waals surface area contributed by atoms with Crippen molar-refractivity contribution in [3.8, 4) is 11.4 Å². The van der Waals surface area contributed by atoms with Gasteiger partial charge in [0.25, 0.3) is 11.8 Å². The Morgan fingerprint density at radius 1 is 1.03 bits per heavy atom. The van der Waals surface area contributed by atoms with E-state index in [4.69, 9.17) is 16.1 Å². The molecule has 9 nitrogen and oxygen atoms in total. The topological polar surface area (TPSA) is 104 Å². The fourth-order valence-electron chi connectivity index (χ4n) is 3.48. The summed E-state index contributed by atoms with van der Waals surface area (Å²) >= 11 is 5.90. The van der Waals surface area contributed by atoms with Crippen LogP contribution in [0, 0.1) is 6.92 Å². The highest BCUT2D eigenvalue weighted by molar-refractivity contribution is 6.30. The van der Waals surface area contributed by atoms with E-state index in [0.717, 1.165) is 16.0 Å². The van der Waals surface area contributed by atoms with Crippen LogP contribution >= 0.6 is 11.6 Å². The Balaban J connectivity index is 1.36. The van der Waals surface area contributed by atoms with Crippen LogP contribution < -0.4 is 4.90 Å². The number of carbonyl (C=O) groups excluding carboxylic acids is 2. The van der Waals surface area contributed by atoms with Gasteiger partial charge in [0.2, 0.25) is 11.7 Å². The van der Waals surface area contributed by atoms with Gasteiger partial charge < -0.3 is 4.52 Å². The molecule has 0 radical (unpaired) electrons. The van der Waals surface area contributed by atoms with E-state index < -0.39 is 18.0 Å². The number of aromatic nitrogens is 2. The molecule has 2 aliphatic heterocycles. The van der Waals surface area contributed by atoms with Crippen LogP contribution in [0.2, 0.25) is 5.02 Å². The maximum Gasteiger partial charge on any atom is 0.263 e. The van der Waals surface area contributed by atoms with Crippen molar-refractivity contribution in [1.29, 1.82) is 0 Å². The van der Waals surface area contributed by atoms with Crippen LogP contribution in [0.25, 0.3) is 11.4 Å². The molecule has 0 aliphatic carbocycles. The minimum atomic E-state index is -0.877. The molecule has 2 atom stereocenters. The van der Waals surface area contributed by atoms with E-state index in [1.807, 2.05) is 19.1 Å². The molecule has 1 aromatic heterocycles. The number of nitrogens with zero attached hydrogens (tertiary/aromatic N) is 6. The zero-order valence-corrected chi connectivity index (χ0v) is 16.5.